The van der Waals surface area contributed by atoms with E-state index < -0.39 is 17.7 Å². The average molecular weight is 360 g/mol. The molecule has 5 heteroatoms. The molecule has 2 atom stereocenters. The first kappa shape index (κ1) is 20.4. The average Bonchev–Trinajstić information content (AvgIpc) is 2.53. The summed E-state index contributed by atoms with van der Waals surface area (Å²) in [5, 5.41) is 3.14. The van der Waals surface area contributed by atoms with E-state index in [0.717, 1.165) is 5.56 Å². The molecule has 0 aliphatic carbocycles. The highest BCUT2D eigenvalue weighted by Crippen LogP contribution is 2.34. The van der Waals surface area contributed by atoms with Crippen LogP contribution in [0.25, 0.3) is 0 Å². The van der Waals surface area contributed by atoms with Gasteiger partial charge in [0.15, 0.2) is 6.10 Å². The minimum atomic E-state index is -0.737. The first-order valence-corrected chi connectivity index (χ1v) is 9.25. The molecule has 0 radical (unpaired) electrons. The predicted octanol–water partition coefficient (Wildman–Crippen LogP) is 3.30. The minimum Gasteiger partial charge on any atom is -0.356 e. The van der Waals surface area contributed by atoms with Crippen molar-refractivity contribution in [3.05, 3.63) is 35.9 Å². The molecule has 1 saturated heterocycles. The number of ether oxygens (including phenoxy) is 1. The van der Waals surface area contributed by atoms with Crippen LogP contribution in [0.15, 0.2) is 30.3 Å². The molecule has 2 rings (SSSR count). The number of nitrogens with zero attached hydrogens (tertiary/aromatic N) is 1. The fourth-order valence-electron chi connectivity index (χ4n) is 3.01. The Balaban J connectivity index is 2.38. The number of benzene rings is 1. The Hall–Kier alpha value is -1.88. The van der Waals surface area contributed by atoms with Crippen LogP contribution in [0.2, 0.25) is 0 Å². The third-order valence-corrected chi connectivity index (χ3v) is 5.53. The molecule has 1 fully saturated rings. The lowest BCUT2D eigenvalue weighted by Gasteiger charge is -2.45. The van der Waals surface area contributed by atoms with E-state index >= 15 is 0 Å². The molecule has 26 heavy (non-hydrogen) atoms. The highest BCUT2D eigenvalue weighted by molar-refractivity contribution is 5.87. The maximum absolute atomic E-state index is 13.1. The Morgan fingerprint density at radius 1 is 1.15 bits per heavy atom. The summed E-state index contributed by atoms with van der Waals surface area (Å²) in [5.41, 5.74) is 0.370. The van der Waals surface area contributed by atoms with Crippen LogP contribution in [0.1, 0.15) is 60.1 Å². The molecule has 0 aromatic heterocycles. The number of nitrogens with one attached hydrogen (secondary N) is 1. The van der Waals surface area contributed by atoms with Gasteiger partial charge in [-0.25, -0.2) is 0 Å². The molecule has 144 valence electrons. The first-order valence-electron chi connectivity index (χ1n) is 9.25. The Kier molecular flexibility index (Phi) is 5.81. The quantitative estimate of drug-likeness (QED) is 0.896. The van der Waals surface area contributed by atoms with Crippen molar-refractivity contribution in [1.82, 2.24) is 10.2 Å². The molecule has 0 saturated carbocycles. The van der Waals surface area contributed by atoms with Crippen molar-refractivity contribution in [2.24, 2.45) is 5.41 Å². The summed E-state index contributed by atoms with van der Waals surface area (Å²) < 4.78 is 5.75. The van der Waals surface area contributed by atoms with Gasteiger partial charge in [0.25, 0.3) is 5.91 Å². The normalized spacial score (nSPS) is 21.8. The lowest BCUT2D eigenvalue weighted by atomic mass is 9.76. The molecular formula is C21H32N2O3. The monoisotopic (exact) mass is 360 g/mol. The summed E-state index contributed by atoms with van der Waals surface area (Å²) in [6.07, 6.45) is -0.737. The minimum absolute atomic E-state index is 0.0254. The van der Waals surface area contributed by atoms with Gasteiger partial charge in [-0.3, -0.25) is 9.59 Å². The second-order valence-corrected chi connectivity index (χ2v) is 8.85. The number of morpholine rings is 1. The Bertz CT molecular complexity index is 647. The van der Waals surface area contributed by atoms with Gasteiger partial charge < -0.3 is 15.0 Å². The topological polar surface area (TPSA) is 58.6 Å². The maximum Gasteiger partial charge on any atom is 0.252 e. The number of carbonyl (C=O) groups is 2. The summed E-state index contributed by atoms with van der Waals surface area (Å²) in [6.45, 7) is 14.2. The summed E-state index contributed by atoms with van der Waals surface area (Å²) in [7, 11) is 0. The van der Waals surface area contributed by atoms with Crippen LogP contribution in [0, 0.1) is 5.41 Å². The molecule has 0 bridgehead atoms. The smallest absolute Gasteiger partial charge is 0.252 e. The van der Waals surface area contributed by atoms with Gasteiger partial charge >= 0.3 is 0 Å². The zero-order valence-electron chi connectivity index (χ0n) is 17.0. The lowest BCUT2D eigenvalue weighted by Crippen LogP contribution is -2.61. The van der Waals surface area contributed by atoms with Crippen LogP contribution in [-0.2, 0) is 14.3 Å². The van der Waals surface area contributed by atoms with Crippen molar-refractivity contribution in [3.63, 3.8) is 0 Å². The van der Waals surface area contributed by atoms with Crippen molar-refractivity contribution >= 4 is 11.8 Å². The second kappa shape index (κ2) is 7.39. The van der Waals surface area contributed by atoms with E-state index in [9.17, 15) is 9.59 Å². The zero-order valence-corrected chi connectivity index (χ0v) is 17.0. The van der Waals surface area contributed by atoms with Crippen LogP contribution < -0.4 is 5.32 Å². The highest BCUT2D eigenvalue weighted by Gasteiger charge is 2.45. The molecule has 1 aliphatic rings. The molecule has 0 unspecified atom stereocenters. The number of amides is 2. The third kappa shape index (κ3) is 4.09. The predicted molar refractivity (Wildman–Crippen MR) is 103 cm³/mol. The molecule has 2 amide bonds. The molecule has 1 aliphatic heterocycles. The van der Waals surface area contributed by atoms with E-state index in [-0.39, 0.29) is 29.9 Å². The van der Waals surface area contributed by atoms with Crippen molar-refractivity contribution in [2.75, 3.05) is 6.61 Å². The SMILES string of the molecule is CC(C)N1C(=O)CO[C@H](C(=O)NC(C)(C)C(C)(C)C)[C@H]1c1ccccc1. The van der Waals surface area contributed by atoms with Crippen LogP contribution in [0.5, 0.6) is 0 Å². The van der Waals surface area contributed by atoms with Crippen LogP contribution in [-0.4, -0.2) is 41.0 Å². The van der Waals surface area contributed by atoms with E-state index in [4.69, 9.17) is 4.74 Å². The van der Waals surface area contributed by atoms with E-state index in [1.807, 2.05) is 58.0 Å². The number of carbonyl (C=O) groups excluding carboxylic acids is 2. The van der Waals surface area contributed by atoms with Gasteiger partial charge in [-0.1, -0.05) is 51.1 Å². The first-order chi connectivity index (χ1) is 12.0. The van der Waals surface area contributed by atoms with E-state index in [1.165, 1.54) is 0 Å². The number of rotatable bonds is 4. The zero-order chi connectivity index (χ0) is 19.7. The molecule has 1 aromatic carbocycles. The van der Waals surface area contributed by atoms with Crippen molar-refractivity contribution < 1.29 is 14.3 Å². The van der Waals surface area contributed by atoms with Gasteiger partial charge in [-0.05, 0) is 38.7 Å². The summed E-state index contributed by atoms with van der Waals surface area (Å²) >= 11 is 0. The summed E-state index contributed by atoms with van der Waals surface area (Å²) in [4.78, 5) is 27.4. The molecule has 5 nitrogen and oxygen atoms in total. The third-order valence-electron chi connectivity index (χ3n) is 5.53. The Morgan fingerprint density at radius 3 is 2.23 bits per heavy atom. The van der Waals surface area contributed by atoms with Crippen molar-refractivity contribution in [2.45, 2.75) is 72.2 Å². The van der Waals surface area contributed by atoms with Gasteiger partial charge in [0.2, 0.25) is 5.91 Å². The van der Waals surface area contributed by atoms with Crippen LogP contribution >= 0.6 is 0 Å². The standard InChI is InChI=1S/C21H32N2O3/c1-14(2)23-16(24)13-26-18(17(23)15-11-9-8-10-12-15)19(25)22-21(6,7)20(3,4)5/h8-12,14,17-18H,13H2,1-7H3,(H,22,25)/t17-,18+/m1/s1. The van der Waals surface area contributed by atoms with E-state index in [0.29, 0.717) is 0 Å². The van der Waals surface area contributed by atoms with Gasteiger partial charge in [-0.15, -0.1) is 0 Å². The van der Waals surface area contributed by atoms with Crippen LogP contribution in [0.3, 0.4) is 0 Å². The molecule has 1 heterocycles. The van der Waals surface area contributed by atoms with Crippen molar-refractivity contribution in [3.8, 4) is 0 Å². The number of hydrogen-bond acceptors (Lipinski definition) is 3. The van der Waals surface area contributed by atoms with E-state index in [2.05, 4.69) is 26.1 Å². The molecule has 1 aromatic rings. The Labute approximate surface area is 157 Å². The van der Waals surface area contributed by atoms with Gasteiger partial charge in [0, 0.05) is 11.6 Å². The number of hydrogen-bond donors (Lipinski definition) is 1. The van der Waals surface area contributed by atoms with Crippen LogP contribution in [0.4, 0.5) is 0 Å². The van der Waals surface area contributed by atoms with Gasteiger partial charge in [0.05, 0.1) is 6.04 Å². The molecule has 1 N–H and O–H groups in total. The largest absolute Gasteiger partial charge is 0.356 e. The maximum atomic E-state index is 13.1. The Morgan fingerprint density at radius 2 is 1.73 bits per heavy atom. The fraction of sp³-hybridized carbons (Fsp3) is 0.619. The summed E-state index contributed by atoms with van der Waals surface area (Å²) in [5.74, 6) is -0.273. The molecule has 0 spiro atoms. The molecular weight excluding hydrogens is 328 g/mol. The van der Waals surface area contributed by atoms with E-state index in [1.54, 1.807) is 4.90 Å². The summed E-state index contributed by atoms with van der Waals surface area (Å²) in [6, 6.07) is 9.18. The highest BCUT2D eigenvalue weighted by atomic mass is 16.5. The fourth-order valence-corrected chi connectivity index (χ4v) is 3.01. The lowest BCUT2D eigenvalue weighted by molar-refractivity contribution is -0.168. The van der Waals surface area contributed by atoms with Gasteiger partial charge in [-0.2, -0.15) is 0 Å². The van der Waals surface area contributed by atoms with Crippen molar-refractivity contribution in [1.29, 1.82) is 0 Å². The van der Waals surface area contributed by atoms with Gasteiger partial charge in [0.1, 0.15) is 6.61 Å². The second-order valence-electron chi connectivity index (χ2n) is 8.85.